The van der Waals surface area contributed by atoms with E-state index >= 15 is 0 Å². The van der Waals surface area contributed by atoms with Gasteiger partial charge in [0.2, 0.25) is 5.91 Å². The first kappa shape index (κ1) is 18.5. The molecule has 0 atom stereocenters. The van der Waals surface area contributed by atoms with Gasteiger partial charge in [0.05, 0.1) is 7.11 Å². The van der Waals surface area contributed by atoms with Gasteiger partial charge in [-0.15, -0.1) is 0 Å². The molecule has 2 amide bonds. The van der Waals surface area contributed by atoms with Gasteiger partial charge in [0.1, 0.15) is 5.75 Å². The molecule has 1 heterocycles. The van der Waals surface area contributed by atoms with Crippen LogP contribution in [0.4, 0.5) is 5.69 Å². The Labute approximate surface area is 157 Å². The van der Waals surface area contributed by atoms with E-state index in [4.69, 9.17) is 4.74 Å². The van der Waals surface area contributed by atoms with Crippen LogP contribution in [0.25, 0.3) is 10.9 Å². The molecule has 3 aromatic rings. The van der Waals surface area contributed by atoms with Crippen LogP contribution in [0.15, 0.2) is 48.7 Å². The number of carbonyl (C=O) groups is 2. The summed E-state index contributed by atoms with van der Waals surface area (Å²) < 4.78 is 5.28. The van der Waals surface area contributed by atoms with Crippen molar-refractivity contribution >= 4 is 28.4 Å². The summed E-state index contributed by atoms with van der Waals surface area (Å²) in [5, 5.41) is 6.78. The van der Waals surface area contributed by atoms with Crippen LogP contribution >= 0.6 is 0 Å². The molecule has 0 bridgehead atoms. The summed E-state index contributed by atoms with van der Waals surface area (Å²) in [6, 6.07) is 12.8. The first-order chi connectivity index (χ1) is 13.1. The molecule has 6 nitrogen and oxygen atoms in total. The standard InChI is InChI=1S/C21H23N3O3/c1-3-20(25)24-16-6-4-5-14(11-16)21(26)22-10-9-15-13-23-19-8-7-17(27-2)12-18(15)19/h4-8,11-13,23H,3,9-10H2,1-2H3,(H,22,26)(H,24,25). The van der Waals surface area contributed by atoms with E-state index in [-0.39, 0.29) is 11.8 Å². The summed E-state index contributed by atoms with van der Waals surface area (Å²) in [5.74, 6) is 0.556. The van der Waals surface area contributed by atoms with Crippen molar-refractivity contribution in [1.82, 2.24) is 10.3 Å². The highest BCUT2D eigenvalue weighted by Crippen LogP contribution is 2.23. The van der Waals surface area contributed by atoms with E-state index in [9.17, 15) is 9.59 Å². The predicted molar refractivity (Wildman–Crippen MR) is 106 cm³/mol. The minimum Gasteiger partial charge on any atom is -0.497 e. The molecule has 0 spiro atoms. The molecule has 6 heteroatoms. The molecule has 3 N–H and O–H groups in total. The lowest BCUT2D eigenvalue weighted by atomic mass is 10.1. The number of nitrogens with one attached hydrogen (secondary N) is 3. The molecule has 140 valence electrons. The number of carbonyl (C=O) groups excluding carboxylic acids is 2. The van der Waals surface area contributed by atoms with Crippen molar-refractivity contribution in [1.29, 1.82) is 0 Å². The molecule has 0 saturated heterocycles. The fourth-order valence-corrected chi connectivity index (χ4v) is 2.89. The number of H-pyrrole nitrogens is 1. The summed E-state index contributed by atoms with van der Waals surface area (Å²) in [6.45, 7) is 2.29. The Bertz CT molecular complexity index is 962. The predicted octanol–water partition coefficient (Wildman–Crippen LogP) is 3.50. The molecular formula is C21H23N3O3. The Morgan fingerprint density at radius 3 is 2.78 bits per heavy atom. The van der Waals surface area contributed by atoms with E-state index in [2.05, 4.69) is 15.6 Å². The summed E-state index contributed by atoms with van der Waals surface area (Å²) in [4.78, 5) is 27.1. The van der Waals surface area contributed by atoms with Crippen molar-refractivity contribution in [2.75, 3.05) is 19.0 Å². The van der Waals surface area contributed by atoms with Crippen molar-refractivity contribution in [3.8, 4) is 5.75 Å². The van der Waals surface area contributed by atoms with Gasteiger partial charge in [0.25, 0.3) is 5.91 Å². The second-order valence-electron chi connectivity index (χ2n) is 6.21. The van der Waals surface area contributed by atoms with Crippen LogP contribution in [0.2, 0.25) is 0 Å². The summed E-state index contributed by atoms with van der Waals surface area (Å²) in [5.41, 5.74) is 3.30. The second kappa shape index (κ2) is 8.40. The number of rotatable bonds is 7. The molecule has 0 radical (unpaired) electrons. The van der Waals surface area contributed by atoms with Gasteiger partial charge < -0.3 is 20.4 Å². The lowest BCUT2D eigenvalue weighted by Gasteiger charge is -2.08. The number of hydrogen-bond donors (Lipinski definition) is 3. The monoisotopic (exact) mass is 365 g/mol. The van der Waals surface area contributed by atoms with Gasteiger partial charge in [-0.25, -0.2) is 0 Å². The molecular weight excluding hydrogens is 342 g/mol. The third kappa shape index (κ3) is 4.47. The van der Waals surface area contributed by atoms with Crippen LogP contribution in [0, 0.1) is 0 Å². The fourth-order valence-electron chi connectivity index (χ4n) is 2.89. The number of aromatic amines is 1. The van der Waals surface area contributed by atoms with Gasteiger partial charge in [-0.3, -0.25) is 9.59 Å². The zero-order valence-electron chi connectivity index (χ0n) is 15.5. The highest BCUT2D eigenvalue weighted by Gasteiger charge is 2.09. The number of amides is 2. The Hall–Kier alpha value is -3.28. The highest BCUT2D eigenvalue weighted by molar-refractivity contribution is 5.97. The van der Waals surface area contributed by atoms with Gasteiger partial charge in [0, 0.05) is 41.3 Å². The number of fused-ring (bicyclic) bond motifs is 1. The minimum absolute atomic E-state index is 0.0812. The maximum absolute atomic E-state index is 12.4. The van der Waals surface area contributed by atoms with Gasteiger partial charge in [0.15, 0.2) is 0 Å². The average Bonchev–Trinajstić information content (AvgIpc) is 3.10. The molecule has 0 aliphatic carbocycles. The Balaban J connectivity index is 1.61. The Morgan fingerprint density at radius 2 is 2.00 bits per heavy atom. The van der Waals surface area contributed by atoms with Gasteiger partial charge in [-0.05, 0) is 48.4 Å². The van der Waals surface area contributed by atoms with E-state index in [1.807, 2.05) is 24.4 Å². The second-order valence-corrected chi connectivity index (χ2v) is 6.21. The minimum atomic E-state index is -0.167. The van der Waals surface area contributed by atoms with E-state index in [0.717, 1.165) is 22.2 Å². The van der Waals surface area contributed by atoms with Crippen molar-refractivity contribution in [3.05, 3.63) is 59.8 Å². The van der Waals surface area contributed by atoms with Crippen LogP contribution in [0.3, 0.4) is 0 Å². The van der Waals surface area contributed by atoms with Gasteiger partial charge in [-0.2, -0.15) is 0 Å². The smallest absolute Gasteiger partial charge is 0.251 e. The highest BCUT2D eigenvalue weighted by atomic mass is 16.5. The van der Waals surface area contributed by atoms with E-state index in [0.29, 0.717) is 30.6 Å². The third-order valence-corrected chi connectivity index (χ3v) is 4.38. The van der Waals surface area contributed by atoms with Crippen molar-refractivity contribution in [2.24, 2.45) is 0 Å². The number of methoxy groups -OCH3 is 1. The van der Waals surface area contributed by atoms with Crippen molar-refractivity contribution in [3.63, 3.8) is 0 Å². The Kier molecular flexibility index (Phi) is 5.76. The molecule has 0 aliphatic rings. The summed E-state index contributed by atoms with van der Waals surface area (Å²) in [6.07, 6.45) is 3.05. The molecule has 3 rings (SSSR count). The Morgan fingerprint density at radius 1 is 1.15 bits per heavy atom. The van der Waals surface area contributed by atoms with Crippen molar-refractivity contribution < 1.29 is 14.3 Å². The molecule has 0 aliphatic heterocycles. The SMILES string of the molecule is CCC(=O)Nc1cccc(C(=O)NCCc2c[nH]c3ccc(OC)cc23)c1. The first-order valence-corrected chi connectivity index (χ1v) is 8.93. The third-order valence-electron chi connectivity index (χ3n) is 4.38. The largest absolute Gasteiger partial charge is 0.497 e. The quantitative estimate of drug-likeness (QED) is 0.599. The topological polar surface area (TPSA) is 83.2 Å². The molecule has 2 aromatic carbocycles. The molecule has 0 saturated carbocycles. The number of aromatic nitrogens is 1. The zero-order chi connectivity index (χ0) is 19.2. The first-order valence-electron chi connectivity index (χ1n) is 8.93. The summed E-state index contributed by atoms with van der Waals surface area (Å²) in [7, 11) is 1.64. The van der Waals surface area contributed by atoms with Gasteiger partial charge in [-0.1, -0.05) is 13.0 Å². The van der Waals surface area contributed by atoms with Crippen molar-refractivity contribution in [2.45, 2.75) is 19.8 Å². The van der Waals surface area contributed by atoms with Gasteiger partial charge >= 0.3 is 0 Å². The normalized spacial score (nSPS) is 10.6. The van der Waals surface area contributed by atoms with E-state index in [1.165, 1.54) is 0 Å². The van der Waals surface area contributed by atoms with Crippen LogP contribution in [0.5, 0.6) is 5.75 Å². The average molecular weight is 365 g/mol. The number of ether oxygens (including phenoxy) is 1. The van der Waals surface area contributed by atoms with E-state index in [1.54, 1.807) is 38.3 Å². The molecule has 0 fully saturated rings. The van der Waals surface area contributed by atoms with Crippen LogP contribution < -0.4 is 15.4 Å². The van der Waals surface area contributed by atoms with Crippen LogP contribution in [-0.4, -0.2) is 30.5 Å². The maximum atomic E-state index is 12.4. The maximum Gasteiger partial charge on any atom is 0.251 e. The molecule has 1 aromatic heterocycles. The number of hydrogen-bond acceptors (Lipinski definition) is 3. The molecule has 0 unspecified atom stereocenters. The molecule has 27 heavy (non-hydrogen) atoms. The van der Waals surface area contributed by atoms with Crippen LogP contribution in [-0.2, 0) is 11.2 Å². The van der Waals surface area contributed by atoms with Crippen LogP contribution in [0.1, 0.15) is 29.3 Å². The summed E-state index contributed by atoms with van der Waals surface area (Å²) >= 11 is 0. The number of benzene rings is 2. The number of anilines is 1. The fraction of sp³-hybridized carbons (Fsp3) is 0.238. The lowest BCUT2D eigenvalue weighted by molar-refractivity contribution is -0.115. The van der Waals surface area contributed by atoms with E-state index < -0.39 is 0 Å². The zero-order valence-corrected chi connectivity index (χ0v) is 15.5. The lowest BCUT2D eigenvalue weighted by Crippen LogP contribution is -2.25.